The first-order valence-electron chi connectivity index (χ1n) is 7.75. The average molecular weight is 311 g/mol. The standard InChI is InChI=1S/C15H25N3O2S/c1-5-11-16-9-12(17-11)21(19,20)18-13-14(2,3)10-6-7-15(13,4)8-10/h9-10,13,18H,5-8H2,1-4H3,(H,16,17). The molecule has 2 bridgehead atoms. The van der Waals surface area contributed by atoms with E-state index in [1.165, 1.54) is 12.6 Å². The monoisotopic (exact) mass is 311 g/mol. The van der Waals surface area contributed by atoms with Crippen molar-refractivity contribution in [1.29, 1.82) is 0 Å². The molecule has 3 unspecified atom stereocenters. The molecule has 1 aromatic heterocycles. The number of imidazole rings is 1. The molecule has 1 heterocycles. The third-order valence-electron chi connectivity index (χ3n) is 5.77. The third kappa shape index (κ3) is 2.23. The van der Waals surface area contributed by atoms with Gasteiger partial charge in [-0.2, -0.15) is 0 Å². The van der Waals surface area contributed by atoms with Crippen LogP contribution in [0.15, 0.2) is 11.2 Å². The number of aromatic nitrogens is 2. The highest BCUT2D eigenvalue weighted by Gasteiger charge is 2.60. The van der Waals surface area contributed by atoms with E-state index < -0.39 is 10.0 Å². The molecule has 5 nitrogen and oxygen atoms in total. The maximum atomic E-state index is 12.6. The lowest BCUT2D eigenvalue weighted by Gasteiger charge is -2.42. The number of hydrogen-bond donors (Lipinski definition) is 2. The first-order chi connectivity index (χ1) is 9.69. The Hall–Kier alpha value is -0.880. The van der Waals surface area contributed by atoms with Gasteiger partial charge in [0.05, 0.1) is 6.20 Å². The largest absolute Gasteiger partial charge is 0.332 e. The first kappa shape index (κ1) is 15.0. The molecule has 2 aliphatic carbocycles. The number of nitrogens with zero attached hydrogens (tertiary/aromatic N) is 1. The minimum atomic E-state index is -3.53. The Morgan fingerprint density at radius 1 is 1.43 bits per heavy atom. The molecule has 0 saturated heterocycles. The summed E-state index contributed by atoms with van der Waals surface area (Å²) < 4.78 is 28.3. The number of aromatic amines is 1. The summed E-state index contributed by atoms with van der Waals surface area (Å²) in [5.41, 5.74) is 0.0858. The van der Waals surface area contributed by atoms with Crippen LogP contribution in [0.2, 0.25) is 0 Å². The van der Waals surface area contributed by atoms with Gasteiger partial charge in [0, 0.05) is 12.5 Å². The molecule has 21 heavy (non-hydrogen) atoms. The van der Waals surface area contributed by atoms with Gasteiger partial charge >= 0.3 is 0 Å². The van der Waals surface area contributed by atoms with Gasteiger partial charge in [-0.1, -0.05) is 27.7 Å². The quantitative estimate of drug-likeness (QED) is 0.897. The second-order valence-electron chi connectivity index (χ2n) is 7.52. The lowest BCUT2D eigenvalue weighted by molar-refractivity contribution is 0.127. The van der Waals surface area contributed by atoms with Crippen LogP contribution in [-0.4, -0.2) is 24.4 Å². The second-order valence-corrected chi connectivity index (χ2v) is 9.20. The molecule has 118 valence electrons. The topological polar surface area (TPSA) is 74.8 Å². The molecule has 0 amide bonds. The maximum Gasteiger partial charge on any atom is 0.257 e. The van der Waals surface area contributed by atoms with Crippen LogP contribution in [0.3, 0.4) is 0 Å². The number of H-pyrrole nitrogens is 1. The number of rotatable bonds is 4. The van der Waals surface area contributed by atoms with Gasteiger partial charge in [0.15, 0.2) is 5.03 Å². The lowest BCUT2D eigenvalue weighted by Crippen LogP contribution is -2.52. The van der Waals surface area contributed by atoms with Crippen molar-refractivity contribution in [2.45, 2.75) is 64.4 Å². The summed E-state index contributed by atoms with van der Waals surface area (Å²) in [6.07, 6.45) is 5.56. The Labute approximate surface area is 127 Å². The lowest BCUT2D eigenvalue weighted by atomic mass is 9.69. The summed E-state index contributed by atoms with van der Waals surface area (Å²) in [6, 6.07) is -0.0119. The Bertz CT molecular complexity index is 645. The van der Waals surface area contributed by atoms with E-state index in [0.29, 0.717) is 18.2 Å². The molecule has 3 atom stereocenters. The molecule has 1 aromatic rings. The summed E-state index contributed by atoms with van der Waals surface area (Å²) in [6.45, 7) is 8.56. The first-order valence-corrected chi connectivity index (χ1v) is 9.23. The van der Waals surface area contributed by atoms with Crippen molar-refractivity contribution in [3.05, 3.63) is 12.0 Å². The minimum absolute atomic E-state index is 0.00762. The number of sulfonamides is 1. The van der Waals surface area contributed by atoms with E-state index in [2.05, 4.69) is 35.5 Å². The second kappa shape index (κ2) is 4.56. The molecule has 0 radical (unpaired) electrons. The smallest absolute Gasteiger partial charge is 0.257 e. The summed E-state index contributed by atoms with van der Waals surface area (Å²) >= 11 is 0. The van der Waals surface area contributed by atoms with Gasteiger partial charge in [-0.05, 0) is 36.0 Å². The maximum absolute atomic E-state index is 12.6. The predicted octanol–water partition coefficient (Wildman–Crippen LogP) is 2.47. The molecule has 2 aliphatic rings. The van der Waals surface area contributed by atoms with Crippen molar-refractivity contribution in [2.24, 2.45) is 16.7 Å². The van der Waals surface area contributed by atoms with Crippen molar-refractivity contribution in [3.8, 4) is 0 Å². The molecular formula is C15H25N3O2S. The molecule has 0 spiro atoms. The minimum Gasteiger partial charge on any atom is -0.332 e. The summed E-state index contributed by atoms with van der Waals surface area (Å²) in [5, 5.41) is 0.182. The van der Waals surface area contributed by atoms with Crippen molar-refractivity contribution in [3.63, 3.8) is 0 Å². The van der Waals surface area contributed by atoms with E-state index in [4.69, 9.17) is 0 Å². The molecule has 0 aromatic carbocycles. The van der Waals surface area contributed by atoms with Gasteiger partial charge in [-0.3, -0.25) is 0 Å². The van der Waals surface area contributed by atoms with E-state index in [0.717, 1.165) is 12.8 Å². The van der Waals surface area contributed by atoms with Gasteiger partial charge in [-0.15, -0.1) is 0 Å². The highest BCUT2D eigenvalue weighted by atomic mass is 32.2. The Morgan fingerprint density at radius 3 is 2.67 bits per heavy atom. The van der Waals surface area contributed by atoms with Gasteiger partial charge < -0.3 is 4.98 Å². The Kier molecular flexibility index (Phi) is 3.26. The number of hydrogen-bond acceptors (Lipinski definition) is 3. The van der Waals surface area contributed by atoms with Crippen LogP contribution in [0, 0.1) is 16.7 Å². The van der Waals surface area contributed by atoms with Crippen molar-refractivity contribution >= 4 is 10.0 Å². The molecule has 2 N–H and O–H groups in total. The van der Waals surface area contributed by atoms with E-state index in [1.54, 1.807) is 0 Å². The number of nitrogens with one attached hydrogen (secondary N) is 2. The fraction of sp³-hybridized carbons (Fsp3) is 0.800. The summed E-state index contributed by atoms with van der Waals surface area (Å²) in [5.74, 6) is 1.32. The molecule has 3 rings (SSSR count). The van der Waals surface area contributed by atoms with Crippen LogP contribution in [0.25, 0.3) is 0 Å². The highest BCUT2D eigenvalue weighted by Crippen LogP contribution is 2.62. The van der Waals surface area contributed by atoms with Gasteiger partial charge in [0.1, 0.15) is 5.82 Å². The highest BCUT2D eigenvalue weighted by molar-refractivity contribution is 7.89. The predicted molar refractivity (Wildman–Crippen MR) is 81.3 cm³/mol. The fourth-order valence-corrected chi connectivity index (χ4v) is 5.94. The van der Waals surface area contributed by atoms with E-state index in [9.17, 15) is 8.42 Å². The zero-order valence-electron chi connectivity index (χ0n) is 13.2. The van der Waals surface area contributed by atoms with Gasteiger partial charge in [-0.25, -0.2) is 18.1 Å². The van der Waals surface area contributed by atoms with Crippen LogP contribution >= 0.6 is 0 Å². The van der Waals surface area contributed by atoms with Crippen LogP contribution in [-0.2, 0) is 16.4 Å². The average Bonchev–Trinajstić information content (AvgIpc) is 3.06. The molecule has 6 heteroatoms. The van der Waals surface area contributed by atoms with Crippen molar-refractivity contribution in [1.82, 2.24) is 14.7 Å². The normalized spacial score (nSPS) is 34.5. The zero-order valence-corrected chi connectivity index (χ0v) is 14.0. The van der Waals surface area contributed by atoms with Crippen LogP contribution < -0.4 is 4.72 Å². The molecular weight excluding hydrogens is 286 g/mol. The van der Waals surface area contributed by atoms with E-state index in [1.807, 2.05) is 6.92 Å². The van der Waals surface area contributed by atoms with E-state index in [-0.39, 0.29) is 21.9 Å². The van der Waals surface area contributed by atoms with Crippen LogP contribution in [0.1, 0.15) is 52.8 Å². The van der Waals surface area contributed by atoms with Crippen molar-refractivity contribution < 1.29 is 8.42 Å². The molecule has 2 saturated carbocycles. The van der Waals surface area contributed by atoms with Crippen LogP contribution in [0.5, 0.6) is 0 Å². The molecule has 2 fully saturated rings. The Morgan fingerprint density at radius 2 is 2.14 bits per heavy atom. The summed E-state index contributed by atoms with van der Waals surface area (Å²) in [7, 11) is -3.53. The number of aryl methyl sites for hydroxylation is 1. The third-order valence-corrected chi connectivity index (χ3v) is 7.10. The van der Waals surface area contributed by atoms with Gasteiger partial charge in [0.2, 0.25) is 0 Å². The fourth-order valence-electron chi connectivity index (χ4n) is 4.47. The molecule has 0 aliphatic heterocycles. The van der Waals surface area contributed by atoms with Crippen molar-refractivity contribution in [2.75, 3.05) is 0 Å². The van der Waals surface area contributed by atoms with E-state index >= 15 is 0 Å². The number of fused-ring (bicyclic) bond motifs is 2. The Balaban J connectivity index is 1.89. The van der Waals surface area contributed by atoms with Crippen LogP contribution in [0.4, 0.5) is 0 Å². The van der Waals surface area contributed by atoms with Gasteiger partial charge in [0.25, 0.3) is 10.0 Å². The summed E-state index contributed by atoms with van der Waals surface area (Å²) in [4.78, 5) is 7.00. The zero-order chi connectivity index (χ0) is 15.5. The SMILES string of the molecule is CCc1ncc(S(=O)(=O)NC2C3(C)CCC(C3)C2(C)C)[nH]1.